The van der Waals surface area contributed by atoms with Gasteiger partial charge in [0.2, 0.25) is 0 Å². The van der Waals surface area contributed by atoms with E-state index >= 15 is 0 Å². The Morgan fingerprint density at radius 3 is 2.28 bits per heavy atom. The maximum absolute atomic E-state index is 10.9. The van der Waals surface area contributed by atoms with E-state index in [4.69, 9.17) is 4.74 Å². The lowest BCUT2D eigenvalue weighted by atomic mass is 9.32. The van der Waals surface area contributed by atoms with Gasteiger partial charge in [0.15, 0.2) is 0 Å². The van der Waals surface area contributed by atoms with E-state index in [0.29, 0.717) is 28.6 Å². The van der Waals surface area contributed by atoms with Crippen LogP contribution in [0.4, 0.5) is 0 Å². The fourth-order valence-electron chi connectivity index (χ4n) is 11.2. The number of aliphatic hydroxyl groups excluding tert-OH is 1. The van der Waals surface area contributed by atoms with Crippen LogP contribution >= 0.6 is 0 Å². The van der Waals surface area contributed by atoms with Crippen molar-refractivity contribution < 1.29 is 9.84 Å². The van der Waals surface area contributed by atoms with E-state index in [2.05, 4.69) is 60.6 Å². The highest BCUT2D eigenvalue weighted by Crippen LogP contribution is 2.79. The van der Waals surface area contributed by atoms with Gasteiger partial charge in [-0.25, -0.2) is 0 Å². The van der Waals surface area contributed by atoms with Gasteiger partial charge >= 0.3 is 0 Å². The molecule has 5 aliphatic carbocycles. The predicted molar refractivity (Wildman–Crippen MR) is 130 cm³/mol. The Bertz CT molecular complexity index is 857. The molecule has 0 aromatic rings. The Kier molecular flexibility index (Phi) is 4.20. The molecule has 0 radical (unpaired) electrons. The smallest absolute Gasteiger partial charge is 0.0955 e. The van der Waals surface area contributed by atoms with Crippen LogP contribution in [-0.2, 0) is 4.74 Å². The zero-order valence-corrected chi connectivity index (χ0v) is 21.9. The van der Waals surface area contributed by atoms with Crippen molar-refractivity contribution >= 4 is 0 Å². The van der Waals surface area contributed by atoms with Crippen LogP contribution in [-0.4, -0.2) is 23.4 Å². The maximum atomic E-state index is 10.9. The SMILES string of the molecule is CC1(C)CC[C@@]23CC[C@]4(C)[C@@](C=C[C@@H]5[C@@]6(C)CC[C@H](O)C(C)(C)[C@@H]6CC[C@]54C)(OC2)[C@@H]3C1. The normalized spacial score (nSPS) is 59.5. The van der Waals surface area contributed by atoms with E-state index in [1.54, 1.807) is 0 Å². The quantitative estimate of drug-likeness (QED) is 0.405. The molecule has 1 saturated heterocycles. The third-order valence-electron chi connectivity index (χ3n) is 13.6. The molecule has 0 amide bonds. The zero-order valence-electron chi connectivity index (χ0n) is 21.9. The second kappa shape index (κ2) is 6.07. The van der Waals surface area contributed by atoms with E-state index < -0.39 is 0 Å². The van der Waals surface area contributed by atoms with Crippen LogP contribution < -0.4 is 0 Å². The molecule has 2 nitrogen and oxygen atoms in total. The Labute approximate surface area is 197 Å². The van der Waals surface area contributed by atoms with Crippen molar-refractivity contribution in [3.8, 4) is 0 Å². The lowest BCUT2D eigenvalue weighted by Gasteiger charge is -2.72. The molecule has 1 aliphatic heterocycles. The number of ether oxygens (including phenoxy) is 1. The predicted octanol–water partition coefficient (Wildman–Crippen LogP) is 7.16. The van der Waals surface area contributed by atoms with Crippen molar-refractivity contribution in [3.63, 3.8) is 0 Å². The third-order valence-corrected chi connectivity index (χ3v) is 13.6. The molecular weight excluding hydrogens is 392 g/mol. The van der Waals surface area contributed by atoms with Gasteiger partial charge in [0.25, 0.3) is 0 Å². The summed E-state index contributed by atoms with van der Waals surface area (Å²) in [6.07, 6.45) is 16.6. The largest absolute Gasteiger partial charge is 0.393 e. The lowest BCUT2D eigenvalue weighted by Crippen LogP contribution is -2.70. The number of fused-ring (bicyclic) bond motifs is 4. The molecule has 2 bridgehead atoms. The minimum atomic E-state index is -0.155. The van der Waals surface area contributed by atoms with Crippen molar-refractivity contribution in [2.75, 3.05) is 6.61 Å². The molecule has 0 aromatic carbocycles. The van der Waals surface area contributed by atoms with Crippen LogP contribution in [0.2, 0.25) is 0 Å². The fraction of sp³-hybridized carbons (Fsp3) is 0.933. The van der Waals surface area contributed by atoms with E-state index in [9.17, 15) is 5.11 Å². The molecule has 1 heterocycles. The molecule has 6 rings (SSSR count). The molecule has 32 heavy (non-hydrogen) atoms. The van der Waals surface area contributed by atoms with Gasteiger partial charge in [0, 0.05) is 11.3 Å². The maximum Gasteiger partial charge on any atom is 0.0955 e. The summed E-state index contributed by atoms with van der Waals surface area (Å²) in [6, 6.07) is 0. The lowest BCUT2D eigenvalue weighted by molar-refractivity contribution is -0.242. The van der Waals surface area contributed by atoms with Crippen LogP contribution in [0.3, 0.4) is 0 Å². The Morgan fingerprint density at radius 1 is 0.812 bits per heavy atom. The molecule has 5 fully saturated rings. The van der Waals surface area contributed by atoms with Gasteiger partial charge in [-0.2, -0.15) is 0 Å². The molecule has 9 atom stereocenters. The second-order valence-electron chi connectivity index (χ2n) is 15.4. The average Bonchev–Trinajstić information content (AvgIpc) is 2.94. The first kappa shape index (κ1) is 22.1. The topological polar surface area (TPSA) is 29.5 Å². The Morgan fingerprint density at radius 2 is 1.53 bits per heavy atom. The van der Waals surface area contributed by atoms with Gasteiger partial charge in [-0.1, -0.05) is 60.6 Å². The summed E-state index contributed by atoms with van der Waals surface area (Å²) in [5, 5.41) is 10.9. The Hall–Kier alpha value is -0.340. The van der Waals surface area contributed by atoms with Crippen LogP contribution in [0, 0.1) is 50.2 Å². The highest BCUT2D eigenvalue weighted by atomic mass is 16.5. The van der Waals surface area contributed by atoms with Crippen LogP contribution in [0.5, 0.6) is 0 Å². The standard InChI is InChI=1S/C30H48O2/c1-24(2)14-16-29-17-15-28(7)27(6)12-8-20-25(3,4)23(31)10-11-26(20,5)21(27)9-13-30(28,32-19-29)22(29)18-24/h9,13,20-23,31H,8,10-12,14-19H2,1-7H3/t20-,21+,22+,23-,26-,27+,28-,29+,30-/m0/s1. The first-order valence-corrected chi connectivity index (χ1v) is 13.8. The fourth-order valence-corrected chi connectivity index (χ4v) is 11.2. The Balaban J connectivity index is 1.48. The average molecular weight is 441 g/mol. The first-order valence-electron chi connectivity index (χ1n) is 13.8. The molecule has 180 valence electrons. The van der Waals surface area contributed by atoms with E-state index in [-0.39, 0.29) is 33.4 Å². The number of hydrogen-bond donors (Lipinski definition) is 1. The number of allylic oxidation sites excluding steroid dienone is 1. The number of aliphatic hydroxyl groups is 1. The number of rotatable bonds is 0. The summed E-state index contributed by atoms with van der Waals surface area (Å²) in [4.78, 5) is 0. The van der Waals surface area contributed by atoms with Gasteiger partial charge < -0.3 is 9.84 Å². The monoisotopic (exact) mass is 440 g/mol. The molecule has 1 spiro atoms. The number of hydrogen-bond acceptors (Lipinski definition) is 2. The van der Waals surface area contributed by atoms with Gasteiger partial charge in [-0.3, -0.25) is 0 Å². The summed E-state index contributed by atoms with van der Waals surface area (Å²) in [6.45, 7) is 18.6. The molecule has 2 heteroatoms. The van der Waals surface area contributed by atoms with Crippen molar-refractivity contribution in [1.82, 2.24) is 0 Å². The summed E-state index contributed by atoms with van der Waals surface area (Å²) >= 11 is 0. The van der Waals surface area contributed by atoms with Crippen molar-refractivity contribution in [2.24, 2.45) is 50.2 Å². The van der Waals surface area contributed by atoms with E-state index in [1.807, 2.05) is 0 Å². The van der Waals surface area contributed by atoms with Gasteiger partial charge in [0.1, 0.15) is 0 Å². The highest BCUT2D eigenvalue weighted by molar-refractivity contribution is 5.34. The van der Waals surface area contributed by atoms with E-state index in [0.717, 1.165) is 19.4 Å². The van der Waals surface area contributed by atoms with Crippen molar-refractivity contribution in [2.45, 2.75) is 118 Å². The van der Waals surface area contributed by atoms with Gasteiger partial charge in [-0.05, 0) is 96.7 Å². The first-order chi connectivity index (χ1) is 14.8. The van der Waals surface area contributed by atoms with E-state index in [1.165, 1.54) is 44.9 Å². The summed E-state index contributed by atoms with van der Waals surface area (Å²) in [7, 11) is 0. The summed E-state index contributed by atoms with van der Waals surface area (Å²) in [5.41, 5.74) is 1.55. The van der Waals surface area contributed by atoms with Crippen LogP contribution in [0.25, 0.3) is 0 Å². The summed E-state index contributed by atoms with van der Waals surface area (Å²) in [5.74, 6) is 1.87. The zero-order chi connectivity index (χ0) is 23.0. The minimum absolute atomic E-state index is 0.0111. The van der Waals surface area contributed by atoms with Crippen molar-refractivity contribution in [3.05, 3.63) is 12.2 Å². The molecule has 6 aliphatic rings. The van der Waals surface area contributed by atoms with Crippen molar-refractivity contribution in [1.29, 1.82) is 0 Å². The van der Waals surface area contributed by atoms with Gasteiger partial charge in [-0.15, -0.1) is 0 Å². The highest BCUT2D eigenvalue weighted by Gasteiger charge is 2.76. The van der Waals surface area contributed by atoms with Crippen LogP contribution in [0.1, 0.15) is 106 Å². The second-order valence-corrected chi connectivity index (χ2v) is 15.4. The third kappa shape index (κ3) is 2.27. The van der Waals surface area contributed by atoms with Crippen LogP contribution in [0.15, 0.2) is 12.2 Å². The molecule has 0 aromatic heterocycles. The van der Waals surface area contributed by atoms with Gasteiger partial charge in [0.05, 0.1) is 18.3 Å². The minimum Gasteiger partial charge on any atom is -0.393 e. The molecule has 4 saturated carbocycles. The summed E-state index contributed by atoms with van der Waals surface area (Å²) < 4.78 is 7.12. The molecule has 1 N–H and O–H groups in total. The molecular formula is C30H48O2. The molecule has 0 unspecified atom stereocenters.